The van der Waals surface area contributed by atoms with Gasteiger partial charge in [0.25, 0.3) is 0 Å². The highest BCUT2D eigenvalue weighted by Crippen LogP contribution is 2.20. The van der Waals surface area contributed by atoms with E-state index in [-0.39, 0.29) is 31.1 Å². The Balaban J connectivity index is 1.71. The first-order valence-electron chi connectivity index (χ1n) is 15.8. The summed E-state index contributed by atoms with van der Waals surface area (Å²) < 4.78 is 0. The van der Waals surface area contributed by atoms with Crippen LogP contribution < -0.4 is 21.7 Å². The molecule has 0 saturated carbocycles. The molecule has 2 aromatic carbocycles. The van der Waals surface area contributed by atoms with Gasteiger partial charge < -0.3 is 36.8 Å². The number of likely N-dealkylation sites (tertiary alicyclic amines) is 1. The fraction of sp³-hybridized carbons (Fsp3) is 0.471. The summed E-state index contributed by atoms with van der Waals surface area (Å²) >= 11 is 0. The minimum Gasteiger partial charge on any atom is -0.481 e. The van der Waals surface area contributed by atoms with Gasteiger partial charge in [-0.15, -0.1) is 0 Å². The lowest BCUT2D eigenvalue weighted by Crippen LogP contribution is -2.58. The van der Waals surface area contributed by atoms with Gasteiger partial charge in [-0.1, -0.05) is 74.5 Å². The van der Waals surface area contributed by atoms with Gasteiger partial charge in [0.1, 0.15) is 24.2 Å². The van der Waals surface area contributed by atoms with E-state index in [0.717, 1.165) is 5.56 Å². The topological polar surface area (TPSA) is 208 Å². The molecular formula is C34H45N5O8. The van der Waals surface area contributed by atoms with E-state index < -0.39 is 66.3 Å². The molecular weight excluding hydrogens is 606 g/mol. The zero-order valence-electron chi connectivity index (χ0n) is 26.8. The van der Waals surface area contributed by atoms with Crippen LogP contribution in [0.1, 0.15) is 57.1 Å². The van der Waals surface area contributed by atoms with Crippen molar-refractivity contribution in [1.82, 2.24) is 20.9 Å². The first kappa shape index (κ1) is 36.7. The van der Waals surface area contributed by atoms with Crippen LogP contribution in [0.3, 0.4) is 0 Å². The Hall–Kier alpha value is -4.78. The summed E-state index contributed by atoms with van der Waals surface area (Å²) in [6, 6.07) is 12.4. The molecule has 13 heteroatoms. The van der Waals surface area contributed by atoms with Crippen LogP contribution in [0, 0.1) is 5.92 Å². The lowest BCUT2D eigenvalue weighted by Gasteiger charge is -2.29. The highest BCUT2D eigenvalue weighted by atomic mass is 16.4. The van der Waals surface area contributed by atoms with Crippen molar-refractivity contribution in [2.24, 2.45) is 11.7 Å². The monoisotopic (exact) mass is 651 g/mol. The number of carbonyl (C=O) groups is 6. The second-order valence-corrected chi connectivity index (χ2v) is 12.3. The summed E-state index contributed by atoms with van der Waals surface area (Å²) in [5, 5.41) is 26.7. The first-order valence-corrected chi connectivity index (χ1v) is 15.8. The summed E-state index contributed by atoms with van der Waals surface area (Å²) in [6.07, 6.45) is 0.637. The molecule has 4 amide bonds. The molecule has 5 atom stereocenters. The molecule has 3 rings (SSSR count). The van der Waals surface area contributed by atoms with Gasteiger partial charge >= 0.3 is 11.9 Å². The number of amides is 4. The molecule has 0 unspecified atom stereocenters. The molecule has 1 saturated heterocycles. The van der Waals surface area contributed by atoms with E-state index in [9.17, 15) is 39.0 Å². The molecule has 0 aromatic heterocycles. The smallest absolute Gasteiger partial charge is 0.326 e. The van der Waals surface area contributed by atoms with Crippen LogP contribution in [-0.2, 0) is 41.6 Å². The predicted octanol–water partition coefficient (Wildman–Crippen LogP) is 1.24. The molecule has 0 aliphatic carbocycles. The van der Waals surface area contributed by atoms with Gasteiger partial charge in [0, 0.05) is 19.4 Å². The molecule has 0 bridgehead atoms. The number of nitrogens with two attached hydrogens (primary N) is 1. The van der Waals surface area contributed by atoms with Crippen molar-refractivity contribution in [3.05, 3.63) is 71.8 Å². The summed E-state index contributed by atoms with van der Waals surface area (Å²) in [5.41, 5.74) is 7.78. The van der Waals surface area contributed by atoms with Crippen molar-refractivity contribution >= 4 is 35.6 Å². The Morgan fingerprint density at radius 1 is 0.809 bits per heavy atom. The molecule has 0 radical (unpaired) electrons. The van der Waals surface area contributed by atoms with E-state index >= 15 is 0 Å². The second kappa shape index (κ2) is 17.8. The third-order valence-corrected chi connectivity index (χ3v) is 7.97. The predicted molar refractivity (Wildman–Crippen MR) is 173 cm³/mol. The van der Waals surface area contributed by atoms with E-state index in [1.165, 1.54) is 4.90 Å². The summed E-state index contributed by atoms with van der Waals surface area (Å²) in [4.78, 5) is 78.4. The van der Waals surface area contributed by atoms with Crippen molar-refractivity contribution in [3.63, 3.8) is 0 Å². The maximum atomic E-state index is 13.6. The molecule has 1 heterocycles. The number of aliphatic carboxylic acids is 2. The number of benzene rings is 2. The number of carboxylic acid groups (broad SMARTS) is 2. The number of rotatable bonds is 17. The highest BCUT2D eigenvalue weighted by molar-refractivity contribution is 5.95. The van der Waals surface area contributed by atoms with E-state index in [2.05, 4.69) is 16.0 Å². The molecule has 7 N–H and O–H groups in total. The molecule has 254 valence electrons. The number of hydrogen-bond donors (Lipinski definition) is 6. The SMILES string of the molecule is CC(C)C[C@H](NC(=O)[C@@H]1CCCN1C(=O)[C@@H](N)Cc1ccccc1)C(=O)N[C@@H](CCC(=O)O)C(=O)N[C@@H](Cc1ccccc1)C(=O)O. The van der Waals surface area contributed by atoms with E-state index in [0.29, 0.717) is 31.4 Å². The van der Waals surface area contributed by atoms with Crippen LogP contribution in [0.25, 0.3) is 0 Å². The normalized spacial score (nSPS) is 16.9. The zero-order valence-corrected chi connectivity index (χ0v) is 26.8. The van der Waals surface area contributed by atoms with Gasteiger partial charge in [-0.25, -0.2) is 4.79 Å². The Kier molecular flexibility index (Phi) is 13.9. The molecule has 2 aromatic rings. The standard InChI is InChI=1S/C34H45N5O8/c1-21(2)18-26(37-32(44)28-14-9-17-39(28)33(45)24(35)19-22-10-5-3-6-11-22)31(43)36-25(15-16-29(40)41)30(42)38-27(34(46)47)20-23-12-7-4-8-13-23/h3-8,10-13,21,24-28H,9,14-20,35H2,1-2H3,(H,36,43)(H,37,44)(H,38,42)(H,40,41)(H,46,47)/t24-,25-,26-,27-,28-/m0/s1. The van der Waals surface area contributed by atoms with Crippen LogP contribution in [0.4, 0.5) is 0 Å². The molecule has 1 aliphatic rings. The van der Waals surface area contributed by atoms with Crippen molar-refractivity contribution in [2.75, 3.05) is 6.54 Å². The van der Waals surface area contributed by atoms with Crippen LogP contribution in [-0.4, -0.2) is 87.4 Å². The van der Waals surface area contributed by atoms with Gasteiger partial charge in [0.2, 0.25) is 23.6 Å². The molecule has 47 heavy (non-hydrogen) atoms. The van der Waals surface area contributed by atoms with Crippen molar-refractivity contribution in [1.29, 1.82) is 0 Å². The molecule has 1 fully saturated rings. The first-order chi connectivity index (χ1) is 22.3. The van der Waals surface area contributed by atoms with Gasteiger partial charge in [0.05, 0.1) is 6.04 Å². The highest BCUT2D eigenvalue weighted by Gasteiger charge is 2.38. The number of nitrogens with one attached hydrogen (secondary N) is 3. The van der Waals surface area contributed by atoms with Crippen LogP contribution in [0.15, 0.2) is 60.7 Å². The maximum absolute atomic E-state index is 13.6. The van der Waals surface area contributed by atoms with Crippen molar-refractivity contribution < 1.29 is 39.0 Å². The van der Waals surface area contributed by atoms with Crippen molar-refractivity contribution in [2.45, 2.75) is 89.0 Å². The lowest BCUT2D eigenvalue weighted by atomic mass is 10.0. The summed E-state index contributed by atoms with van der Waals surface area (Å²) in [6.45, 7) is 4.03. The summed E-state index contributed by atoms with van der Waals surface area (Å²) in [7, 11) is 0. The van der Waals surface area contributed by atoms with E-state index in [1.54, 1.807) is 30.3 Å². The molecule has 0 spiro atoms. The van der Waals surface area contributed by atoms with Crippen molar-refractivity contribution in [3.8, 4) is 0 Å². The third kappa shape index (κ3) is 11.5. The second-order valence-electron chi connectivity index (χ2n) is 12.3. The Morgan fingerprint density at radius 2 is 1.36 bits per heavy atom. The number of carbonyl (C=O) groups excluding carboxylic acids is 4. The minimum atomic E-state index is -1.39. The van der Waals surface area contributed by atoms with Crippen LogP contribution in [0.5, 0.6) is 0 Å². The number of hydrogen-bond acceptors (Lipinski definition) is 7. The average Bonchev–Trinajstić information content (AvgIpc) is 3.52. The van der Waals surface area contributed by atoms with Gasteiger partial charge in [-0.3, -0.25) is 24.0 Å². The fourth-order valence-electron chi connectivity index (χ4n) is 5.57. The van der Waals surface area contributed by atoms with Gasteiger partial charge in [-0.2, -0.15) is 0 Å². The Morgan fingerprint density at radius 3 is 1.91 bits per heavy atom. The van der Waals surface area contributed by atoms with Gasteiger partial charge in [0.15, 0.2) is 0 Å². The minimum absolute atomic E-state index is 0.0286. The number of carboxylic acids is 2. The zero-order chi connectivity index (χ0) is 34.5. The third-order valence-electron chi connectivity index (χ3n) is 7.97. The van der Waals surface area contributed by atoms with Crippen LogP contribution in [0.2, 0.25) is 0 Å². The Labute approximate surface area is 274 Å². The Bertz CT molecular complexity index is 1390. The maximum Gasteiger partial charge on any atom is 0.326 e. The lowest BCUT2D eigenvalue weighted by molar-refractivity contribution is -0.143. The molecule has 1 aliphatic heterocycles. The fourth-order valence-corrected chi connectivity index (χ4v) is 5.57. The summed E-state index contributed by atoms with van der Waals surface area (Å²) in [5.74, 6) is -5.08. The molecule has 13 nitrogen and oxygen atoms in total. The van der Waals surface area contributed by atoms with E-state index in [1.807, 2.05) is 44.2 Å². The largest absolute Gasteiger partial charge is 0.481 e. The quantitative estimate of drug-likeness (QED) is 0.145. The number of nitrogens with zero attached hydrogens (tertiary/aromatic N) is 1. The van der Waals surface area contributed by atoms with Gasteiger partial charge in [-0.05, 0) is 49.1 Å². The van der Waals surface area contributed by atoms with Crippen LogP contribution >= 0.6 is 0 Å². The van der Waals surface area contributed by atoms with E-state index in [4.69, 9.17) is 5.73 Å². The average molecular weight is 652 g/mol.